The molecule has 2 nitrogen and oxygen atoms in total. The predicted octanol–water partition coefficient (Wildman–Crippen LogP) is 1.65. The monoisotopic (exact) mass is 229 g/mol. The standard InChI is InChI=1S/C9H12BrNO/c1-9(2,7-3-4-7)11-8(12)5-6-10/h7H,3-4H2,1-2H3,(H,11,12). The third-order valence-corrected chi connectivity index (χ3v) is 2.39. The van der Waals surface area contributed by atoms with E-state index in [0.29, 0.717) is 5.92 Å². The summed E-state index contributed by atoms with van der Waals surface area (Å²) in [5, 5.41) is 2.88. The topological polar surface area (TPSA) is 29.1 Å². The lowest BCUT2D eigenvalue weighted by molar-refractivity contribution is -0.117. The van der Waals surface area contributed by atoms with Gasteiger partial charge in [-0.1, -0.05) is 0 Å². The molecule has 0 aliphatic heterocycles. The molecule has 0 radical (unpaired) electrons. The summed E-state index contributed by atoms with van der Waals surface area (Å²) in [5.41, 5.74) is -0.0894. The summed E-state index contributed by atoms with van der Waals surface area (Å²) in [6.07, 6.45) is 2.43. The van der Waals surface area contributed by atoms with E-state index in [-0.39, 0.29) is 11.4 Å². The first-order valence-electron chi connectivity index (χ1n) is 4.00. The van der Waals surface area contributed by atoms with Crippen molar-refractivity contribution in [2.24, 2.45) is 5.92 Å². The molecule has 1 rings (SSSR count). The third kappa shape index (κ3) is 2.53. The highest BCUT2D eigenvalue weighted by Gasteiger charge is 2.38. The van der Waals surface area contributed by atoms with Crippen LogP contribution in [0.2, 0.25) is 0 Å². The van der Waals surface area contributed by atoms with Crippen LogP contribution in [0.1, 0.15) is 26.7 Å². The number of hydrogen-bond acceptors (Lipinski definition) is 1. The van der Waals surface area contributed by atoms with Crippen LogP contribution in [0.4, 0.5) is 0 Å². The lowest BCUT2D eigenvalue weighted by Crippen LogP contribution is -2.44. The van der Waals surface area contributed by atoms with Crippen molar-refractivity contribution in [2.75, 3.05) is 0 Å². The van der Waals surface area contributed by atoms with Crippen LogP contribution in [0.5, 0.6) is 0 Å². The van der Waals surface area contributed by atoms with E-state index in [1.54, 1.807) is 0 Å². The second kappa shape index (κ2) is 3.49. The van der Waals surface area contributed by atoms with Crippen molar-refractivity contribution in [2.45, 2.75) is 32.2 Å². The molecule has 0 saturated heterocycles. The Morgan fingerprint density at radius 3 is 2.58 bits per heavy atom. The zero-order valence-corrected chi connectivity index (χ0v) is 8.86. The molecular formula is C9H12BrNO. The number of hydrogen-bond donors (Lipinski definition) is 1. The van der Waals surface area contributed by atoms with Crippen molar-refractivity contribution in [1.82, 2.24) is 5.32 Å². The number of nitrogens with one attached hydrogen (secondary N) is 1. The minimum absolute atomic E-state index is 0.0894. The molecule has 0 aromatic carbocycles. The van der Waals surface area contributed by atoms with E-state index < -0.39 is 0 Å². The van der Waals surface area contributed by atoms with Crippen LogP contribution < -0.4 is 5.32 Å². The van der Waals surface area contributed by atoms with E-state index in [9.17, 15) is 4.79 Å². The fourth-order valence-electron chi connectivity index (χ4n) is 1.27. The molecule has 0 aromatic rings. The Morgan fingerprint density at radius 2 is 2.17 bits per heavy atom. The average Bonchev–Trinajstić information content (AvgIpc) is 2.65. The van der Waals surface area contributed by atoms with E-state index in [4.69, 9.17) is 0 Å². The minimum Gasteiger partial charge on any atom is -0.340 e. The molecule has 1 aliphatic carbocycles. The van der Waals surface area contributed by atoms with Gasteiger partial charge < -0.3 is 5.32 Å². The molecule has 0 spiro atoms. The Morgan fingerprint density at radius 1 is 1.58 bits per heavy atom. The van der Waals surface area contributed by atoms with Gasteiger partial charge in [-0.3, -0.25) is 4.79 Å². The number of rotatable bonds is 2. The quantitative estimate of drug-likeness (QED) is 0.718. The van der Waals surface area contributed by atoms with Crippen LogP contribution >= 0.6 is 15.9 Å². The largest absolute Gasteiger partial charge is 0.340 e. The average molecular weight is 230 g/mol. The molecule has 0 unspecified atom stereocenters. The van der Waals surface area contributed by atoms with E-state index >= 15 is 0 Å². The third-order valence-electron chi connectivity index (χ3n) is 2.19. The fourth-order valence-corrected chi connectivity index (χ4v) is 1.45. The van der Waals surface area contributed by atoms with Gasteiger partial charge in [-0.15, -0.1) is 0 Å². The van der Waals surface area contributed by atoms with Gasteiger partial charge >= 0.3 is 0 Å². The van der Waals surface area contributed by atoms with Crippen molar-refractivity contribution in [1.29, 1.82) is 0 Å². The summed E-state index contributed by atoms with van der Waals surface area (Å²) >= 11 is 2.89. The van der Waals surface area contributed by atoms with Gasteiger partial charge in [0.05, 0.1) is 0 Å². The van der Waals surface area contributed by atoms with Crippen molar-refractivity contribution in [3.63, 3.8) is 0 Å². The van der Waals surface area contributed by atoms with Crippen LogP contribution in [0.3, 0.4) is 0 Å². The number of carbonyl (C=O) groups excluding carboxylic acids is 1. The van der Waals surface area contributed by atoms with Crippen LogP contribution in [0.15, 0.2) is 0 Å². The van der Waals surface area contributed by atoms with Gasteiger partial charge in [0.25, 0.3) is 5.91 Å². The summed E-state index contributed by atoms with van der Waals surface area (Å²) in [4.78, 5) is 13.5. The molecule has 1 amide bonds. The highest BCUT2D eigenvalue weighted by atomic mass is 79.9. The first kappa shape index (κ1) is 9.60. The SMILES string of the molecule is CC(C)(NC(=O)C#CBr)C1CC1. The molecular weight excluding hydrogens is 218 g/mol. The second-order valence-corrected chi connectivity index (χ2v) is 4.07. The Balaban J connectivity index is 2.46. The van der Waals surface area contributed by atoms with Gasteiger partial charge in [-0.2, -0.15) is 0 Å². The summed E-state index contributed by atoms with van der Waals surface area (Å²) in [5.74, 6) is 2.83. The summed E-state index contributed by atoms with van der Waals surface area (Å²) in [6, 6.07) is 0. The summed E-state index contributed by atoms with van der Waals surface area (Å²) < 4.78 is 0. The number of carbonyl (C=O) groups is 1. The van der Waals surface area contributed by atoms with Gasteiger partial charge in [0, 0.05) is 27.4 Å². The highest BCUT2D eigenvalue weighted by Crippen LogP contribution is 2.38. The molecule has 0 bridgehead atoms. The van der Waals surface area contributed by atoms with Crippen molar-refractivity contribution >= 4 is 21.8 Å². The van der Waals surface area contributed by atoms with Gasteiger partial charge in [-0.05, 0) is 37.4 Å². The molecule has 1 N–H and O–H groups in total. The Hall–Kier alpha value is -0.490. The van der Waals surface area contributed by atoms with Crippen molar-refractivity contribution < 1.29 is 4.79 Å². The van der Waals surface area contributed by atoms with Crippen molar-refractivity contribution in [3.8, 4) is 10.8 Å². The van der Waals surface area contributed by atoms with Crippen LogP contribution in [0.25, 0.3) is 0 Å². The number of amides is 1. The summed E-state index contributed by atoms with van der Waals surface area (Å²) in [7, 11) is 0. The molecule has 0 atom stereocenters. The Kier molecular flexibility index (Phi) is 2.79. The van der Waals surface area contributed by atoms with Crippen LogP contribution in [-0.4, -0.2) is 11.4 Å². The van der Waals surface area contributed by atoms with E-state index in [1.807, 2.05) is 13.8 Å². The fraction of sp³-hybridized carbons (Fsp3) is 0.667. The molecule has 1 fully saturated rings. The second-order valence-electron chi connectivity index (χ2n) is 3.67. The molecule has 0 aromatic heterocycles. The summed E-state index contributed by atoms with van der Waals surface area (Å²) in [6.45, 7) is 4.08. The first-order chi connectivity index (χ1) is 5.56. The molecule has 1 saturated carbocycles. The van der Waals surface area contributed by atoms with Gasteiger partial charge in [-0.25, -0.2) is 0 Å². The maximum Gasteiger partial charge on any atom is 0.297 e. The van der Waals surface area contributed by atoms with E-state index in [0.717, 1.165) is 0 Å². The first-order valence-corrected chi connectivity index (χ1v) is 4.79. The van der Waals surface area contributed by atoms with Gasteiger partial charge in [0.15, 0.2) is 0 Å². The molecule has 0 heterocycles. The van der Waals surface area contributed by atoms with Gasteiger partial charge in [0.2, 0.25) is 0 Å². The van der Waals surface area contributed by atoms with Crippen LogP contribution in [0, 0.1) is 16.7 Å². The molecule has 66 valence electrons. The van der Waals surface area contributed by atoms with E-state index in [1.165, 1.54) is 12.8 Å². The molecule has 3 heteroatoms. The predicted molar refractivity (Wildman–Crippen MR) is 51.6 cm³/mol. The normalized spacial score (nSPS) is 16.2. The van der Waals surface area contributed by atoms with Crippen LogP contribution in [-0.2, 0) is 4.79 Å². The maximum absolute atomic E-state index is 11.1. The minimum atomic E-state index is -0.205. The lowest BCUT2D eigenvalue weighted by atomic mass is 9.99. The Bertz CT molecular complexity index is 245. The Labute approximate surface area is 81.2 Å². The lowest BCUT2D eigenvalue weighted by Gasteiger charge is -2.24. The maximum atomic E-state index is 11.1. The molecule has 1 aliphatic rings. The van der Waals surface area contributed by atoms with Gasteiger partial charge in [0.1, 0.15) is 0 Å². The van der Waals surface area contributed by atoms with E-state index in [2.05, 4.69) is 32.0 Å². The number of halogens is 1. The zero-order valence-electron chi connectivity index (χ0n) is 7.28. The highest BCUT2D eigenvalue weighted by molar-refractivity contribution is 9.12. The zero-order chi connectivity index (χ0) is 9.19. The van der Waals surface area contributed by atoms with Crippen molar-refractivity contribution in [3.05, 3.63) is 0 Å². The molecule has 12 heavy (non-hydrogen) atoms. The smallest absolute Gasteiger partial charge is 0.297 e.